The van der Waals surface area contributed by atoms with Crippen LogP contribution in [0.4, 0.5) is 0 Å². The van der Waals surface area contributed by atoms with E-state index in [1.807, 2.05) is 16.9 Å². The van der Waals surface area contributed by atoms with Gasteiger partial charge in [-0.05, 0) is 38.3 Å². The number of rotatable bonds is 6. The van der Waals surface area contributed by atoms with E-state index in [0.29, 0.717) is 28.7 Å². The summed E-state index contributed by atoms with van der Waals surface area (Å²) in [7, 11) is 0. The van der Waals surface area contributed by atoms with Crippen LogP contribution in [0.2, 0.25) is 5.02 Å². The summed E-state index contributed by atoms with van der Waals surface area (Å²) in [5.74, 6) is 1.05. The van der Waals surface area contributed by atoms with Gasteiger partial charge in [0.05, 0.1) is 12.4 Å². The molecule has 2 heterocycles. The zero-order valence-electron chi connectivity index (χ0n) is 12.2. The molecule has 0 aromatic carbocycles. The Morgan fingerprint density at radius 2 is 2.24 bits per heavy atom. The molecule has 0 aliphatic heterocycles. The van der Waals surface area contributed by atoms with Crippen LogP contribution < -0.4 is 10.1 Å². The molecule has 0 bridgehead atoms. The zero-order chi connectivity index (χ0) is 14.8. The van der Waals surface area contributed by atoms with E-state index < -0.39 is 0 Å². The van der Waals surface area contributed by atoms with Crippen LogP contribution in [0.25, 0.3) is 0 Å². The average molecular weight is 307 g/mol. The molecule has 0 radical (unpaired) electrons. The molecule has 1 N–H and O–H groups in total. The summed E-state index contributed by atoms with van der Waals surface area (Å²) in [6.07, 6.45) is 7.83. The number of hydrogen-bond donors (Lipinski definition) is 1. The molecule has 0 amide bonds. The van der Waals surface area contributed by atoms with Crippen molar-refractivity contribution in [2.75, 3.05) is 0 Å². The van der Waals surface area contributed by atoms with E-state index >= 15 is 0 Å². The molecule has 1 aliphatic rings. The molecule has 2 aromatic heterocycles. The predicted molar refractivity (Wildman–Crippen MR) is 81.8 cm³/mol. The highest BCUT2D eigenvalue weighted by Crippen LogP contribution is 2.28. The van der Waals surface area contributed by atoms with Crippen molar-refractivity contribution in [3.05, 3.63) is 35.2 Å². The van der Waals surface area contributed by atoms with Gasteiger partial charge in [0.25, 0.3) is 0 Å². The van der Waals surface area contributed by atoms with Crippen LogP contribution in [0.5, 0.6) is 11.6 Å². The van der Waals surface area contributed by atoms with Gasteiger partial charge in [0.15, 0.2) is 5.75 Å². The van der Waals surface area contributed by atoms with Gasteiger partial charge in [0.2, 0.25) is 5.88 Å². The van der Waals surface area contributed by atoms with Crippen molar-refractivity contribution < 1.29 is 4.74 Å². The van der Waals surface area contributed by atoms with E-state index in [2.05, 4.69) is 29.2 Å². The first-order chi connectivity index (χ1) is 10.1. The number of pyridine rings is 1. The van der Waals surface area contributed by atoms with Crippen LogP contribution in [0.3, 0.4) is 0 Å². The number of ether oxygens (including phenoxy) is 1. The summed E-state index contributed by atoms with van der Waals surface area (Å²) >= 11 is 6.24. The SMILES string of the molecule is CC(C)n1cc(Oc2ncc(CNC3CC3)cc2Cl)cn1. The molecule has 21 heavy (non-hydrogen) atoms. The summed E-state index contributed by atoms with van der Waals surface area (Å²) in [6.45, 7) is 4.91. The minimum Gasteiger partial charge on any atom is -0.434 e. The van der Waals surface area contributed by atoms with Crippen molar-refractivity contribution in [3.63, 3.8) is 0 Å². The number of halogens is 1. The molecular weight excluding hydrogens is 288 g/mol. The Morgan fingerprint density at radius 1 is 1.43 bits per heavy atom. The molecule has 5 nitrogen and oxygen atoms in total. The smallest absolute Gasteiger partial charge is 0.238 e. The van der Waals surface area contributed by atoms with E-state index in [1.54, 1.807) is 12.4 Å². The molecule has 3 rings (SSSR count). The highest BCUT2D eigenvalue weighted by molar-refractivity contribution is 6.31. The Morgan fingerprint density at radius 3 is 2.86 bits per heavy atom. The predicted octanol–water partition coefficient (Wildman–Crippen LogP) is 3.56. The highest BCUT2D eigenvalue weighted by Gasteiger charge is 2.20. The number of aromatic nitrogens is 3. The first kappa shape index (κ1) is 14.4. The molecule has 1 fully saturated rings. The minimum atomic E-state index is 0.293. The van der Waals surface area contributed by atoms with Gasteiger partial charge >= 0.3 is 0 Å². The van der Waals surface area contributed by atoms with Crippen LogP contribution in [0.15, 0.2) is 24.7 Å². The van der Waals surface area contributed by atoms with Crippen LogP contribution >= 0.6 is 11.6 Å². The quantitative estimate of drug-likeness (QED) is 0.886. The van der Waals surface area contributed by atoms with Crippen LogP contribution in [-0.4, -0.2) is 20.8 Å². The molecule has 1 aliphatic carbocycles. The molecule has 0 saturated heterocycles. The summed E-state index contributed by atoms with van der Waals surface area (Å²) in [5.41, 5.74) is 1.07. The fourth-order valence-corrected chi connectivity index (χ4v) is 2.18. The van der Waals surface area contributed by atoms with Gasteiger partial charge in [-0.3, -0.25) is 4.68 Å². The first-order valence-electron chi connectivity index (χ1n) is 7.21. The van der Waals surface area contributed by atoms with E-state index in [-0.39, 0.29) is 0 Å². The second-order valence-electron chi connectivity index (χ2n) is 5.64. The molecule has 2 aromatic rings. The van der Waals surface area contributed by atoms with Crippen molar-refractivity contribution in [1.82, 2.24) is 20.1 Å². The van der Waals surface area contributed by atoms with Crippen LogP contribution in [0, 0.1) is 0 Å². The third-order valence-electron chi connectivity index (χ3n) is 3.36. The van der Waals surface area contributed by atoms with E-state index in [4.69, 9.17) is 16.3 Å². The van der Waals surface area contributed by atoms with Gasteiger partial charge < -0.3 is 10.1 Å². The van der Waals surface area contributed by atoms with E-state index in [0.717, 1.165) is 12.1 Å². The Bertz CT molecular complexity index is 622. The van der Waals surface area contributed by atoms with Crippen LogP contribution in [-0.2, 0) is 6.54 Å². The minimum absolute atomic E-state index is 0.293. The maximum absolute atomic E-state index is 6.24. The first-order valence-corrected chi connectivity index (χ1v) is 7.59. The lowest BCUT2D eigenvalue weighted by Crippen LogP contribution is -2.15. The maximum atomic E-state index is 6.24. The van der Waals surface area contributed by atoms with Crippen molar-refractivity contribution in [2.24, 2.45) is 0 Å². The standard InChI is InChI=1S/C15H19ClN4O/c1-10(2)20-9-13(8-19-20)21-15-14(16)5-11(7-18-15)6-17-12-3-4-12/h5,7-10,12,17H,3-4,6H2,1-2H3. The molecule has 6 heteroatoms. The van der Waals surface area contributed by atoms with Crippen molar-refractivity contribution >= 4 is 11.6 Å². The second kappa shape index (κ2) is 6.03. The summed E-state index contributed by atoms with van der Waals surface area (Å²) in [5, 5.41) is 8.17. The molecule has 112 valence electrons. The average Bonchev–Trinajstić information content (AvgIpc) is 3.16. The summed E-state index contributed by atoms with van der Waals surface area (Å²) < 4.78 is 7.52. The lowest BCUT2D eigenvalue weighted by Gasteiger charge is -2.07. The zero-order valence-corrected chi connectivity index (χ0v) is 13.0. The highest BCUT2D eigenvalue weighted by atomic mass is 35.5. The van der Waals surface area contributed by atoms with Crippen LogP contribution in [0.1, 0.15) is 38.3 Å². The lowest BCUT2D eigenvalue weighted by molar-refractivity contribution is 0.458. The van der Waals surface area contributed by atoms with Gasteiger partial charge in [-0.1, -0.05) is 11.6 Å². The molecule has 0 atom stereocenters. The fourth-order valence-electron chi connectivity index (χ4n) is 1.95. The Labute approximate surface area is 129 Å². The number of nitrogens with one attached hydrogen (secondary N) is 1. The molecule has 0 unspecified atom stereocenters. The third kappa shape index (κ3) is 3.74. The monoisotopic (exact) mass is 306 g/mol. The lowest BCUT2D eigenvalue weighted by atomic mass is 10.3. The van der Waals surface area contributed by atoms with E-state index in [1.165, 1.54) is 12.8 Å². The maximum Gasteiger partial charge on any atom is 0.238 e. The Balaban J connectivity index is 1.66. The van der Waals surface area contributed by atoms with Gasteiger partial charge in [-0.2, -0.15) is 5.10 Å². The largest absolute Gasteiger partial charge is 0.434 e. The second-order valence-corrected chi connectivity index (χ2v) is 6.04. The van der Waals surface area contributed by atoms with Gasteiger partial charge in [-0.15, -0.1) is 0 Å². The summed E-state index contributed by atoms with van der Waals surface area (Å²) in [6, 6.07) is 2.86. The summed E-state index contributed by atoms with van der Waals surface area (Å²) in [4.78, 5) is 4.29. The Kier molecular flexibility index (Phi) is 4.12. The topological polar surface area (TPSA) is 52.0 Å². The van der Waals surface area contributed by atoms with Crippen molar-refractivity contribution in [2.45, 2.75) is 45.3 Å². The molecule has 0 spiro atoms. The third-order valence-corrected chi connectivity index (χ3v) is 3.63. The molecule has 1 saturated carbocycles. The number of hydrogen-bond acceptors (Lipinski definition) is 4. The Hall–Kier alpha value is -1.59. The van der Waals surface area contributed by atoms with Crippen molar-refractivity contribution in [3.8, 4) is 11.6 Å². The normalized spacial score (nSPS) is 14.7. The number of nitrogens with zero attached hydrogens (tertiary/aromatic N) is 3. The van der Waals surface area contributed by atoms with Crippen molar-refractivity contribution in [1.29, 1.82) is 0 Å². The fraction of sp³-hybridized carbons (Fsp3) is 0.467. The van der Waals surface area contributed by atoms with Gasteiger partial charge in [0, 0.05) is 24.8 Å². The van der Waals surface area contributed by atoms with E-state index in [9.17, 15) is 0 Å². The van der Waals surface area contributed by atoms with Gasteiger partial charge in [-0.25, -0.2) is 4.98 Å². The molecular formula is C15H19ClN4O. The van der Waals surface area contributed by atoms with Gasteiger partial charge in [0.1, 0.15) is 5.02 Å².